The third-order valence-corrected chi connectivity index (χ3v) is 4.88. The highest BCUT2D eigenvalue weighted by Crippen LogP contribution is 2.27. The summed E-state index contributed by atoms with van der Waals surface area (Å²) in [5.41, 5.74) is 1.93. The van der Waals surface area contributed by atoms with Gasteiger partial charge in [-0.3, -0.25) is 19.7 Å². The van der Waals surface area contributed by atoms with Gasteiger partial charge in [-0.15, -0.1) is 0 Å². The van der Waals surface area contributed by atoms with E-state index in [4.69, 9.17) is 0 Å². The fourth-order valence-electron chi connectivity index (χ4n) is 3.37. The highest BCUT2D eigenvalue weighted by molar-refractivity contribution is 6.38. The number of hydrogen-bond donors (Lipinski definition) is 1. The van der Waals surface area contributed by atoms with Gasteiger partial charge in [0.25, 0.3) is 17.7 Å². The van der Waals surface area contributed by atoms with E-state index in [1.165, 1.54) is 11.1 Å². The predicted octanol–water partition coefficient (Wildman–Crippen LogP) is 2.54. The zero-order valence-electron chi connectivity index (χ0n) is 16.3. The second-order valence-corrected chi connectivity index (χ2v) is 7.02. The molecule has 0 radical (unpaired) electrons. The first-order chi connectivity index (χ1) is 14.4. The normalized spacial score (nSPS) is 20.7. The van der Waals surface area contributed by atoms with Crippen molar-refractivity contribution in [2.45, 2.75) is 13.8 Å². The van der Waals surface area contributed by atoms with Crippen LogP contribution in [0.3, 0.4) is 0 Å². The minimum absolute atomic E-state index is 0.279. The maximum Gasteiger partial charge on any atom is 0.335 e. The maximum absolute atomic E-state index is 13.0. The van der Waals surface area contributed by atoms with E-state index in [9.17, 15) is 19.2 Å². The third kappa shape index (κ3) is 3.28. The van der Waals surface area contributed by atoms with Crippen LogP contribution in [0.4, 0.5) is 16.2 Å². The van der Waals surface area contributed by atoms with Crippen LogP contribution in [-0.2, 0) is 14.4 Å². The van der Waals surface area contributed by atoms with E-state index in [-0.39, 0.29) is 11.5 Å². The van der Waals surface area contributed by atoms with Gasteiger partial charge in [-0.05, 0) is 49.8 Å². The molecule has 0 aliphatic carbocycles. The Bertz CT molecular complexity index is 1140. The van der Waals surface area contributed by atoms with E-state index >= 15 is 0 Å². The largest absolute Gasteiger partial charge is 0.335 e. The molecule has 30 heavy (non-hydrogen) atoms. The molecule has 0 saturated carbocycles. The van der Waals surface area contributed by atoms with Gasteiger partial charge in [0.05, 0.1) is 23.0 Å². The highest BCUT2D eigenvalue weighted by Gasteiger charge is 2.40. The van der Waals surface area contributed by atoms with Crippen molar-refractivity contribution in [2.24, 2.45) is 11.0 Å². The number of nitrogens with one attached hydrogen (secondary N) is 1. The van der Waals surface area contributed by atoms with Crippen molar-refractivity contribution in [3.8, 4) is 0 Å². The van der Waals surface area contributed by atoms with Crippen LogP contribution < -0.4 is 15.2 Å². The topological polar surface area (TPSA) is 99.2 Å². The van der Waals surface area contributed by atoms with E-state index in [2.05, 4.69) is 10.4 Å². The first kappa shape index (κ1) is 19.3. The molecule has 2 heterocycles. The first-order valence-corrected chi connectivity index (χ1v) is 9.29. The molecule has 4 rings (SSSR count). The zero-order chi connectivity index (χ0) is 21.4. The molecule has 8 heteroatoms. The SMILES string of the molecule is CC1=NN(c2ccccc2)C(=O)[C@H]1C=C1C(=O)NC(=O)N(c2cccc(C)c2)C1=O. The number of rotatable bonds is 3. The third-order valence-electron chi connectivity index (χ3n) is 4.88. The molecule has 1 fully saturated rings. The fourth-order valence-corrected chi connectivity index (χ4v) is 3.37. The van der Waals surface area contributed by atoms with Gasteiger partial charge in [-0.25, -0.2) is 9.69 Å². The zero-order valence-corrected chi connectivity index (χ0v) is 16.3. The lowest BCUT2D eigenvalue weighted by Crippen LogP contribution is -2.54. The Morgan fingerprint density at radius 1 is 0.933 bits per heavy atom. The molecular formula is C22H18N4O4. The van der Waals surface area contributed by atoms with E-state index < -0.39 is 23.8 Å². The summed E-state index contributed by atoms with van der Waals surface area (Å²) in [6.07, 6.45) is 1.27. The van der Waals surface area contributed by atoms with Gasteiger partial charge in [0.15, 0.2) is 0 Å². The Kier molecular flexibility index (Phi) is 4.75. The van der Waals surface area contributed by atoms with Crippen molar-refractivity contribution >= 4 is 40.8 Å². The van der Waals surface area contributed by atoms with Gasteiger partial charge in [0.2, 0.25) is 0 Å². The molecule has 2 aliphatic heterocycles. The number of nitrogens with zero attached hydrogens (tertiary/aromatic N) is 3. The summed E-state index contributed by atoms with van der Waals surface area (Å²) < 4.78 is 0. The Labute approximate surface area is 172 Å². The van der Waals surface area contributed by atoms with Crippen molar-refractivity contribution in [1.29, 1.82) is 0 Å². The number of urea groups is 1. The fraction of sp³-hybridized carbons (Fsp3) is 0.136. The average Bonchev–Trinajstić information content (AvgIpc) is 2.99. The van der Waals surface area contributed by atoms with Gasteiger partial charge >= 0.3 is 6.03 Å². The standard InChI is InChI=1S/C22H18N4O4/c1-13-7-6-10-16(11-13)25-20(28)18(19(27)23-22(25)30)12-17-14(2)24-26(21(17)29)15-8-4-3-5-9-15/h3-12,17H,1-2H3,(H,23,27,30)/t17-/m0/s1. The average molecular weight is 402 g/mol. The number of benzene rings is 2. The monoisotopic (exact) mass is 402 g/mol. The molecule has 2 aromatic carbocycles. The Balaban J connectivity index is 1.68. The molecule has 1 atom stereocenters. The number of para-hydroxylation sites is 1. The van der Waals surface area contributed by atoms with Crippen LogP contribution in [0.5, 0.6) is 0 Å². The summed E-state index contributed by atoms with van der Waals surface area (Å²) in [6.45, 7) is 3.48. The summed E-state index contributed by atoms with van der Waals surface area (Å²) in [7, 11) is 0. The van der Waals surface area contributed by atoms with E-state index in [1.54, 1.807) is 49.4 Å². The van der Waals surface area contributed by atoms with Gasteiger partial charge in [-0.1, -0.05) is 30.3 Å². The number of imide groups is 2. The molecule has 1 saturated heterocycles. The van der Waals surface area contributed by atoms with Crippen molar-refractivity contribution in [3.05, 3.63) is 71.8 Å². The first-order valence-electron chi connectivity index (χ1n) is 9.29. The summed E-state index contributed by atoms with van der Waals surface area (Å²) >= 11 is 0. The molecule has 8 nitrogen and oxygen atoms in total. The van der Waals surface area contributed by atoms with Gasteiger partial charge in [-0.2, -0.15) is 10.1 Å². The molecule has 0 aromatic heterocycles. The van der Waals surface area contributed by atoms with Crippen LogP contribution in [0.25, 0.3) is 0 Å². The van der Waals surface area contributed by atoms with Gasteiger partial charge in [0, 0.05) is 0 Å². The second-order valence-electron chi connectivity index (χ2n) is 7.02. The Morgan fingerprint density at radius 2 is 1.63 bits per heavy atom. The minimum Gasteiger partial charge on any atom is -0.273 e. The predicted molar refractivity (Wildman–Crippen MR) is 111 cm³/mol. The smallest absolute Gasteiger partial charge is 0.273 e. The molecule has 0 bridgehead atoms. The summed E-state index contributed by atoms with van der Waals surface area (Å²) in [6, 6.07) is 14.8. The summed E-state index contributed by atoms with van der Waals surface area (Å²) in [5, 5.41) is 7.68. The molecule has 2 aromatic rings. The number of amides is 5. The number of carbonyl (C=O) groups is 4. The lowest BCUT2D eigenvalue weighted by atomic mass is 9.98. The quantitative estimate of drug-likeness (QED) is 0.630. The number of hydrogen-bond acceptors (Lipinski definition) is 5. The van der Waals surface area contributed by atoms with Crippen LogP contribution in [0.1, 0.15) is 12.5 Å². The second kappa shape index (κ2) is 7.40. The van der Waals surface area contributed by atoms with Gasteiger partial charge < -0.3 is 0 Å². The molecule has 5 amide bonds. The number of carbonyl (C=O) groups excluding carboxylic acids is 4. The van der Waals surface area contributed by atoms with Gasteiger partial charge in [0.1, 0.15) is 5.57 Å². The Morgan fingerprint density at radius 3 is 2.33 bits per heavy atom. The molecule has 0 unspecified atom stereocenters. The lowest BCUT2D eigenvalue weighted by molar-refractivity contribution is -0.122. The lowest BCUT2D eigenvalue weighted by Gasteiger charge is -2.27. The van der Waals surface area contributed by atoms with E-state index in [0.717, 1.165) is 10.5 Å². The Hall–Kier alpha value is -4.07. The molecular weight excluding hydrogens is 384 g/mol. The summed E-state index contributed by atoms with van der Waals surface area (Å²) in [5.74, 6) is -2.89. The van der Waals surface area contributed by atoms with Crippen LogP contribution in [-0.4, -0.2) is 29.5 Å². The number of barbiturate groups is 1. The molecule has 0 spiro atoms. The van der Waals surface area contributed by atoms with Crippen LogP contribution in [0, 0.1) is 12.8 Å². The molecule has 1 N–H and O–H groups in total. The molecule has 150 valence electrons. The number of hydrazone groups is 1. The molecule has 2 aliphatic rings. The van der Waals surface area contributed by atoms with Crippen LogP contribution in [0.2, 0.25) is 0 Å². The minimum atomic E-state index is -0.887. The van der Waals surface area contributed by atoms with E-state index in [1.807, 2.05) is 19.1 Å². The van der Waals surface area contributed by atoms with Crippen molar-refractivity contribution < 1.29 is 19.2 Å². The van der Waals surface area contributed by atoms with E-state index in [0.29, 0.717) is 17.1 Å². The van der Waals surface area contributed by atoms with Crippen LogP contribution >= 0.6 is 0 Å². The van der Waals surface area contributed by atoms with Crippen LogP contribution in [0.15, 0.2) is 71.3 Å². The van der Waals surface area contributed by atoms with Crippen molar-refractivity contribution in [2.75, 3.05) is 9.91 Å². The van der Waals surface area contributed by atoms with Crippen molar-refractivity contribution in [1.82, 2.24) is 5.32 Å². The number of anilines is 2. The van der Waals surface area contributed by atoms with Crippen molar-refractivity contribution in [3.63, 3.8) is 0 Å². The summed E-state index contributed by atoms with van der Waals surface area (Å²) in [4.78, 5) is 51.5. The highest BCUT2D eigenvalue weighted by atomic mass is 16.2. The number of aryl methyl sites for hydroxylation is 1. The maximum atomic E-state index is 13.0.